The van der Waals surface area contributed by atoms with Crippen molar-refractivity contribution in [3.8, 4) is 0 Å². The first-order chi connectivity index (χ1) is 13.6. The van der Waals surface area contributed by atoms with Crippen LogP contribution in [0.1, 0.15) is 12.8 Å². The highest BCUT2D eigenvalue weighted by Crippen LogP contribution is 2.29. The second kappa shape index (κ2) is 10.5. The average molecular weight is 410 g/mol. The maximum absolute atomic E-state index is 12.1. The van der Waals surface area contributed by atoms with Crippen LogP contribution in [0.15, 0.2) is 18.2 Å². The fourth-order valence-electron chi connectivity index (χ4n) is 3.35. The molecule has 2 aliphatic heterocycles. The fourth-order valence-corrected chi connectivity index (χ4v) is 3.65. The molecular weight excluding hydrogens is 382 g/mol. The first-order valence-corrected chi connectivity index (χ1v) is 10.2. The van der Waals surface area contributed by atoms with Gasteiger partial charge in [-0.25, -0.2) is 4.79 Å². The van der Waals surface area contributed by atoms with Gasteiger partial charge in [0.2, 0.25) is 5.91 Å². The Hall–Kier alpha value is -2.03. The van der Waals surface area contributed by atoms with Gasteiger partial charge in [0.05, 0.1) is 30.5 Å². The lowest BCUT2D eigenvalue weighted by atomic mass is 10.2. The normalized spacial score (nSPS) is 17.9. The summed E-state index contributed by atoms with van der Waals surface area (Å²) in [5.74, 6) is -0.0162. The predicted molar refractivity (Wildman–Crippen MR) is 110 cm³/mol. The molecule has 0 spiro atoms. The molecule has 1 aromatic carbocycles. The fraction of sp³-hybridized carbons (Fsp3) is 0.579. The summed E-state index contributed by atoms with van der Waals surface area (Å²) in [5.41, 5.74) is 1.42. The standard InChI is InChI=1S/C19H28ClN5O3/c20-16-13-15(3-4-17(16)25-8-6-21-18(26)14-25)23-19(27)22-5-1-2-7-24-9-11-28-12-10-24/h3-4,13H,1-2,5-12,14H2,(H,21,26)(H2,22,23,27). The molecule has 2 aliphatic rings. The minimum atomic E-state index is -0.243. The Morgan fingerprint density at radius 3 is 2.79 bits per heavy atom. The predicted octanol–water partition coefficient (Wildman–Crippen LogP) is 1.51. The van der Waals surface area contributed by atoms with Crippen molar-refractivity contribution in [2.75, 3.05) is 69.2 Å². The van der Waals surface area contributed by atoms with Crippen LogP contribution in [-0.2, 0) is 9.53 Å². The molecule has 0 saturated carbocycles. The number of hydrogen-bond acceptors (Lipinski definition) is 5. The molecule has 0 aliphatic carbocycles. The van der Waals surface area contributed by atoms with E-state index in [9.17, 15) is 9.59 Å². The SMILES string of the molecule is O=C1CN(c2ccc(NC(=O)NCCCCN3CCOCC3)cc2Cl)CCN1. The quantitative estimate of drug-likeness (QED) is 0.594. The Labute approximate surface area is 170 Å². The van der Waals surface area contributed by atoms with Crippen LogP contribution in [0.2, 0.25) is 5.02 Å². The van der Waals surface area contributed by atoms with Gasteiger partial charge in [-0.05, 0) is 37.6 Å². The molecule has 8 nitrogen and oxygen atoms in total. The van der Waals surface area contributed by atoms with E-state index in [0.29, 0.717) is 30.3 Å². The number of hydrogen-bond donors (Lipinski definition) is 3. The average Bonchev–Trinajstić information content (AvgIpc) is 2.68. The van der Waals surface area contributed by atoms with Crippen molar-refractivity contribution in [1.82, 2.24) is 15.5 Å². The number of carbonyl (C=O) groups excluding carboxylic acids is 2. The van der Waals surface area contributed by atoms with Crippen LogP contribution in [0.4, 0.5) is 16.2 Å². The van der Waals surface area contributed by atoms with Crippen LogP contribution >= 0.6 is 11.6 Å². The number of carbonyl (C=O) groups is 2. The molecule has 0 unspecified atom stereocenters. The number of rotatable bonds is 7. The van der Waals surface area contributed by atoms with Gasteiger partial charge in [0.15, 0.2) is 0 Å². The lowest BCUT2D eigenvalue weighted by Crippen LogP contribution is -2.47. The van der Waals surface area contributed by atoms with Crippen molar-refractivity contribution < 1.29 is 14.3 Å². The zero-order chi connectivity index (χ0) is 19.8. The van der Waals surface area contributed by atoms with E-state index < -0.39 is 0 Å². The van der Waals surface area contributed by atoms with E-state index >= 15 is 0 Å². The molecule has 154 valence electrons. The van der Waals surface area contributed by atoms with Gasteiger partial charge in [-0.15, -0.1) is 0 Å². The number of morpholine rings is 1. The van der Waals surface area contributed by atoms with E-state index in [4.69, 9.17) is 16.3 Å². The zero-order valence-corrected chi connectivity index (χ0v) is 16.8. The lowest BCUT2D eigenvalue weighted by Gasteiger charge is -2.29. The van der Waals surface area contributed by atoms with Gasteiger partial charge in [-0.2, -0.15) is 0 Å². The Kier molecular flexibility index (Phi) is 7.76. The molecule has 0 aromatic heterocycles. The third-order valence-corrected chi connectivity index (χ3v) is 5.18. The smallest absolute Gasteiger partial charge is 0.319 e. The molecule has 3 N–H and O–H groups in total. The molecule has 0 atom stereocenters. The van der Waals surface area contributed by atoms with Crippen LogP contribution in [0, 0.1) is 0 Å². The molecular formula is C19H28ClN5O3. The summed E-state index contributed by atoms with van der Waals surface area (Å²) in [6.45, 7) is 6.88. The molecule has 3 amide bonds. The largest absolute Gasteiger partial charge is 0.379 e. The number of nitrogens with zero attached hydrogens (tertiary/aromatic N) is 2. The maximum Gasteiger partial charge on any atom is 0.319 e. The van der Waals surface area contributed by atoms with Gasteiger partial charge in [0.25, 0.3) is 0 Å². The number of halogens is 1. The van der Waals surface area contributed by atoms with E-state index in [1.54, 1.807) is 12.1 Å². The number of urea groups is 1. The van der Waals surface area contributed by atoms with Crippen LogP contribution in [0.25, 0.3) is 0 Å². The molecule has 0 radical (unpaired) electrons. The number of benzene rings is 1. The Morgan fingerprint density at radius 1 is 1.21 bits per heavy atom. The number of unbranched alkanes of at least 4 members (excludes halogenated alkanes) is 1. The van der Waals surface area contributed by atoms with Crippen molar-refractivity contribution in [2.45, 2.75) is 12.8 Å². The minimum Gasteiger partial charge on any atom is -0.379 e. The highest BCUT2D eigenvalue weighted by Gasteiger charge is 2.19. The van der Waals surface area contributed by atoms with E-state index in [1.807, 2.05) is 11.0 Å². The van der Waals surface area contributed by atoms with Gasteiger partial charge in [-0.3, -0.25) is 9.69 Å². The van der Waals surface area contributed by atoms with E-state index in [2.05, 4.69) is 20.9 Å². The van der Waals surface area contributed by atoms with Crippen LogP contribution in [0.3, 0.4) is 0 Å². The summed E-state index contributed by atoms with van der Waals surface area (Å²) in [6, 6.07) is 5.10. The number of piperazine rings is 1. The van der Waals surface area contributed by atoms with E-state index in [-0.39, 0.29) is 18.5 Å². The number of anilines is 2. The summed E-state index contributed by atoms with van der Waals surface area (Å²) >= 11 is 6.35. The highest BCUT2D eigenvalue weighted by atomic mass is 35.5. The number of nitrogens with one attached hydrogen (secondary N) is 3. The molecule has 2 saturated heterocycles. The Bertz CT molecular complexity index is 682. The Balaban J connectivity index is 1.37. The topological polar surface area (TPSA) is 85.9 Å². The van der Waals surface area contributed by atoms with Crippen LogP contribution in [-0.4, -0.2) is 75.9 Å². The molecule has 0 bridgehead atoms. The highest BCUT2D eigenvalue weighted by molar-refractivity contribution is 6.33. The van der Waals surface area contributed by atoms with Gasteiger partial charge in [-0.1, -0.05) is 11.6 Å². The maximum atomic E-state index is 12.1. The third-order valence-electron chi connectivity index (χ3n) is 4.87. The van der Waals surface area contributed by atoms with Crippen molar-refractivity contribution >= 4 is 34.9 Å². The summed E-state index contributed by atoms with van der Waals surface area (Å²) in [7, 11) is 0. The van der Waals surface area contributed by atoms with Crippen molar-refractivity contribution in [1.29, 1.82) is 0 Å². The van der Waals surface area contributed by atoms with Crippen molar-refractivity contribution in [2.24, 2.45) is 0 Å². The second-order valence-electron chi connectivity index (χ2n) is 6.98. The minimum absolute atomic E-state index is 0.0162. The molecule has 9 heteroatoms. The van der Waals surface area contributed by atoms with Gasteiger partial charge in [0.1, 0.15) is 0 Å². The molecule has 2 fully saturated rings. The Morgan fingerprint density at radius 2 is 2.04 bits per heavy atom. The molecule has 3 rings (SSSR count). The zero-order valence-electron chi connectivity index (χ0n) is 16.0. The molecule has 1 aromatic rings. The molecule has 2 heterocycles. The number of amides is 3. The summed E-state index contributed by atoms with van der Waals surface area (Å²) < 4.78 is 5.33. The van der Waals surface area contributed by atoms with E-state index in [0.717, 1.165) is 51.4 Å². The van der Waals surface area contributed by atoms with E-state index in [1.165, 1.54) is 0 Å². The van der Waals surface area contributed by atoms with Gasteiger partial charge >= 0.3 is 6.03 Å². The summed E-state index contributed by atoms with van der Waals surface area (Å²) in [6.07, 6.45) is 1.98. The van der Waals surface area contributed by atoms with Gasteiger partial charge in [0, 0.05) is 38.4 Å². The van der Waals surface area contributed by atoms with Crippen LogP contribution < -0.4 is 20.9 Å². The summed E-state index contributed by atoms with van der Waals surface area (Å²) in [4.78, 5) is 27.9. The number of ether oxygens (including phenoxy) is 1. The third kappa shape index (κ3) is 6.25. The lowest BCUT2D eigenvalue weighted by molar-refractivity contribution is -0.120. The summed E-state index contributed by atoms with van der Waals surface area (Å²) in [5, 5.41) is 8.98. The first-order valence-electron chi connectivity index (χ1n) is 9.78. The van der Waals surface area contributed by atoms with Crippen molar-refractivity contribution in [3.63, 3.8) is 0 Å². The van der Waals surface area contributed by atoms with Gasteiger partial charge < -0.3 is 25.6 Å². The first kappa shape index (κ1) is 20.7. The molecule has 28 heavy (non-hydrogen) atoms. The van der Waals surface area contributed by atoms with Crippen LogP contribution in [0.5, 0.6) is 0 Å². The van der Waals surface area contributed by atoms with Crippen molar-refractivity contribution in [3.05, 3.63) is 23.2 Å². The second-order valence-corrected chi connectivity index (χ2v) is 7.39. The monoisotopic (exact) mass is 409 g/mol.